The van der Waals surface area contributed by atoms with Crippen molar-refractivity contribution >= 4 is 11.9 Å². The molecule has 0 N–H and O–H groups in total. The number of hydrogen-bond acceptors (Lipinski definition) is 1. The van der Waals surface area contributed by atoms with E-state index in [1.54, 1.807) is 0 Å². The summed E-state index contributed by atoms with van der Waals surface area (Å²) in [6.07, 6.45) is 9.26. The number of benzene rings is 1. The Balaban J connectivity index is 1.82. The van der Waals surface area contributed by atoms with Crippen LogP contribution >= 0.6 is 0 Å². The fraction of sp³-hybridized carbons (Fsp3) is 0.471. The number of carbonyl (C=O) groups is 1. The molecular formula is C17H20O. The van der Waals surface area contributed by atoms with Crippen LogP contribution < -0.4 is 0 Å². The summed E-state index contributed by atoms with van der Waals surface area (Å²) in [5.74, 6) is 1.46. The molecule has 2 aliphatic rings. The molecule has 0 aliphatic heterocycles. The molecule has 2 atom stereocenters. The van der Waals surface area contributed by atoms with Crippen LogP contribution in [0.3, 0.4) is 0 Å². The predicted molar refractivity (Wildman–Crippen MR) is 74.1 cm³/mol. The number of allylic oxidation sites excluding steroid dienone is 1. The molecular weight excluding hydrogens is 220 g/mol. The monoisotopic (exact) mass is 240 g/mol. The van der Waals surface area contributed by atoms with E-state index in [-0.39, 0.29) is 0 Å². The average Bonchev–Trinajstić information content (AvgIpc) is 2.43. The molecule has 0 bridgehead atoms. The molecule has 0 spiro atoms. The van der Waals surface area contributed by atoms with E-state index in [0.29, 0.717) is 17.6 Å². The van der Waals surface area contributed by atoms with E-state index in [1.165, 1.54) is 25.7 Å². The number of ketones is 1. The zero-order chi connectivity index (χ0) is 12.4. The van der Waals surface area contributed by atoms with Gasteiger partial charge in [-0.1, -0.05) is 43.2 Å². The molecule has 2 aliphatic carbocycles. The van der Waals surface area contributed by atoms with Crippen LogP contribution in [-0.4, -0.2) is 5.78 Å². The van der Waals surface area contributed by atoms with Crippen molar-refractivity contribution in [3.05, 3.63) is 41.5 Å². The van der Waals surface area contributed by atoms with E-state index in [2.05, 4.69) is 18.2 Å². The highest BCUT2D eigenvalue weighted by molar-refractivity contribution is 6.02. The molecule has 0 saturated heterocycles. The molecule has 18 heavy (non-hydrogen) atoms. The second-order valence-electron chi connectivity index (χ2n) is 5.63. The molecule has 2 fully saturated rings. The Labute approximate surface area is 109 Å². The van der Waals surface area contributed by atoms with Crippen LogP contribution in [0.25, 0.3) is 6.08 Å². The van der Waals surface area contributed by atoms with Gasteiger partial charge in [-0.05, 0) is 48.8 Å². The van der Waals surface area contributed by atoms with Gasteiger partial charge in [0, 0.05) is 5.92 Å². The van der Waals surface area contributed by atoms with Gasteiger partial charge in [-0.3, -0.25) is 4.79 Å². The predicted octanol–water partition coefficient (Wildman–Crippen LogP) is 4.24. The van der Waals surface area contributed by atoms with Crippen LogP contribution in [0, 0.1) is 11.8 Å². The minimum atomic E-state index is 0.336. The highest BCUT2D eigenvalue weighted by Gasteiger charge is 2.35. The first kappa shape index (κ1) is 11.7. The first-order valence-corrected chi connectivity index (χ1v) is 7.14. The van der Waals surface area contributed by atoms with Crippen molar-refractivity contribution in [3.63, 3.8) is 0 Å². The fourth-order valence-electron chi connectivity index (χ4n) is 3.49. The lowest BCUT2D eigenvalue weighted by Gasteiger charge is -2.35. The molecule has 1 nitrogen and oxygen atoms in total. The minimum Gasteiger partial charge on any atom is -0.294 e. The van der Waals surface area contributed by atoms with Crippen molar-refractivity contribution in [2.24, 2.45) is 11.8 Å². The third-order valence-corrected chi connectivity index (χ3v) is 4.49. The van der Waals surface area contributed by atoms with Crippen LogP contribution in [0.15, 0.2) is 35.9 Å². The summed E-state index contributed by atoms with van der Waals surface area (Å²) >= 11 is 0. The van der Waals surface area contributed by atoms with E-state index in [4.69, 9.17) is 0 Å². The minimum absolute atomic E-state index is 0.336. The summed E-state index contributed by atoms with van der Waals surface area (Å²) in [4.78, 5) is 12.5. The van der Waals surface area contributed by atoms with Crippen molar-refractivity contribution in [2.45, 2.75) is 38.5 Å². The number of fused-ring (bicyclic) bond motifs is 1. The van der Waals surface area contributed by atoms with Crippen LogP contribution in [-0.2, 0) is 4.79 Å². The van der Waals surface area contributed by atoms with Gasteiger partial charge in [-0.15, -0.1) is 0 Å². The van der Waals surface area contributed by atoms with Gasteiger partial charge >= 0.3 is 0 Å². The summed E-state index contributed by atoms with van der Waals surface area (Å²) in [6, 6.07) is 10.2. The van der Waals surface area contributed by atoms with Crippen LogP contribution in [0.4, 0.5) is 0 Å². The summed E-state index contributed by atoms with van der Waals surface area (Å²) in [5, 5.41) is 0. The van der Waals surface area contributed by atoms with Gasteiger partial charge < -0.3 is 0 Å². The quantitative estimate of drug-likeness (QED) is 0.671. The number of rotatable bonds is 1. The van der Waals surface area contributed by atoms with E-state index >= 15 is 0 Å². The summed E-state index contributed by atoms with van der Waals surface area (Å²) < 4.78 is 0. The van der Waals surface area contributed by atoms with E-state index in [0.717, 1.165) is 24.0 Å². The zero-order valence-corrected chi connectivity index (χ0v) is 10.8. The van der Waals surface area contributed by atoms with Gasteiger partial charge in [0.05, 0.1) is 0 Å². The van der Waals surface area contributed by atoms with Gasteiger partial charge in [-0.2, -0.15) is 0 Å². The topological polar surface area (TPSA) is 17.1 Å². The van der Waals surface area contributed by atoms with Gasteiger partial charge in [0.2, 0.25) is 0 Å². The lowest BCUT2D eigenvalue weighted by molar-refractivity contribution is -0.123. The Kier molecular flexibility index (Phi) is 3.31. The first-order valence-electron chi connectivity index (χ1n) is 7.14. The SMILES string of the molecule is O=C1C(=Cc2ccccc2)CCC2CCCCC12. The van der Waals surface area contributed by atoms with Gasteiger partial charge in [0.25, 0.3) is 0 Å². The van der Waals surface area contributed by atoms with Crippen molar-refractivity contribution in [1.29, 1.82) is 0 Å². The number of carbonyl (C=O) groups excluding carboxylic acids is 1. The molecule has 0 aromatic heterocycles. The standard InChI is InChI=1S/C17H20O/c18-17-15(12-13-6-2-1-3-7-13)11-10-14-8-4-5-9-16(14)17/h1-3,6-7,12,14,16H,4-5,8-11H2. The fourth-order valence-corrected chi connectivity index (χ4v) is 3.49. The van der Waals surface area contributed by atoms with Crippen molar-refractivity contribution in [1.82, 2.24) is 0 Å². The lowest BCUT2D eigenvalue weighted by Crippen LogP contribution is -2.32. The Morgan fingerprint density at radius 1 is 1.00 bits per heavy atom. The normalized spacial score (nSPS) is 30.2. The van der Waals surface area contributed by atoms with Crippen LogP contribution in [0.2, 0.25) is 0 Å². The highest BCUT2D eigenvalue weighted by atomic mass is 16.1. The van der Waals surface area contributed by atoms with Gasteiger partial charge in [-0.25, -0.2) is 0 Å². The molecule has 2 saturated carbocycles. The lowest BCUT2D eigenvalue weighted by atomic mass is 9.68. The molecule has 94 valence electrons. The number of hydrogen-bond donors (Lipinski definition) is 0. The molecule has 0 heterocycles. The third-order valence-electron chi connectivity index (χ3n) is 4.49. The van der Waals surface area contributed by atoms with Crippen molar-refractivity contribution in [2.75, 3.05) is 0 Å². The van der Waals surface area contributed by atoms with Gasteiger partial charge in [0.1, 0.15) is 0 Å². The largest absolute Gasteiger partial charge is 0.294 e. The molecule has 0 radical (unpaired) electrons. The van der Waals surface area contributed by atoms with E-state index in [9.17, 15) is 4.79 Å². The molecule has 1 aromatic carbocycles. The van der Waals surface area contributed by atoms with Crippen molar-refractivity contribution < 1.29 is 4.79 Å². The Hall–Kier alpha value is -1.37. The van der Waals surface area contributed by atoms with E-state index in [1.807, 2.05) is 18.2 Å². The zero-order valence-electron chi connectivity index (χ0n) is 10.8. The maximum Gasteiger partial charge on any atom is 0.162 e. The Morgan fingerprint density at radius 3 is 2.61 bits per heavy atom. The summed E-state index contributed by atoms with van der Waals surface area (Å²) in [6.45, 7) is 0. The Bertz CT molecular complexity index is 458. The molecule has 2 unspecified atom stereocenters. The molecule has 3 rings (SSSR count). The molecule has 0 amide bonds. The second-order valence-corrected chi connectivity index (χ2v) is 5.63. The van der Waals surface area contributed by atoms with Crippen molar-refractivity contribution in [3.8, 4) is 0 Å². The maximum absolute atomic E-state index is 12.5. The molecule has 1 aromatic rings. The summed E-state index contributed by atoms with van der Waals surface area (Å²) in [7, 11) is 0. The summed E-state index contributed by atoms with van der Waals surface area (Å²) in [5.41, 5.74) is 2.22. The average molecular weight is 240 g/mol. The maximum atomic E-state index is 12.5. The van der Waals surface area contributed by atoms with E-state index < -0.39 is 0 Å². The highest BCUT2D eigenvalue weighted by Crippen LogP contribution is 2.40. The van der Waals surface area contributed by atoms with Gasteiger partial charge in [0.15, 0.2) is 5.78 Å². The smallest absolute Gasteiger partial charge is 0.162 e. The van der Waals surface area contributed by atoms with Crippen LogP contribution in [0.5, 0.6) is 0 Å². The van der Waals surface area contributed by atoms with Crippen LogP contribution in [0.1, 0.15) is 44.1 Å². The number of Topliss-reactive ketones (excluding diaryl/α,β-unsaturated/α-hetero) is 1. The third kappa shape index (κ3) is 2.27. The Morgan fingerprint density at radius 2 is 1.78 bits per heavy atom. The molecule has 1 heteroatoms. The first-order chi connectivity index (χ1) is 8.84. The second kappa shape index (κ2) is 5.09.